The van der Waals surface area contributed by atoms with E-state index < -0.39 is 11.7 Å². The molecule has 0 aliphatic heterocycles. The van der Waals surface area contributed by atoms with E-state index in [-0.39, 0.29) is 10.6 Å². The second-order valence-corrected chi connectivity index (χ2v) is 4.79. The van der Waals surface area contributed by atoms with Crippen LogP contribution < -0.4 is 11.1 Å². The molecule has 1 aromatic carbocycles. The lowest BCUT2D eigenvalue weighted by atomic mass is 10.1. The molecule has 0 bridgehead atoms. The maximum atomic E-state index is 12.6. The van der Waals surface area contributed by atoms with Crippen molar-refractivity contribution >= 4 is 22.9 Å². The standard InChI is InChI=1S/C12H16F3N3S/c1-18(2)6-5-17-10-4-3-8(12(13,14)15)7-9(10)11(16)19/h3-4,7,17H,5-6H2,1-2H3,(H2,16,19). The van der Waals surface area contributed by atoms with Crippen LogP contribution >= 0.6 is 12.2 Å². The fourth-order valence-corrected chi connectivity index (χ4v) is 1.66. The third-order valence-electron chi connectivity index (χ3n) is 2.49. The normalized spacial score (nSPS) is 11.7. The molecule has 0 aliphatic rings. The molecule has 19 heavy (non-hydrogen) atoms. The van der Waals surface area contributed by atoms with Crippen molar-refractivity contribution in [1.82, 2.24) is 4.90 Å². The second-order valence-electron chi connectivity index (χ2n) is 4.35. The van der Waals surface area contributed by atoms with E-state index >= 15 is 0 Å². The van der Waals surface area contributed by atoms with Gasteiger partial charge in [0.15, 0.2) is 0 Å². The van der Waals surface area contributed by atoms with Gasteiger partial charge in [0.05, 0.1) is 5.56 Å². The molecule has 0 aliphatic carbocycles. The fourth-order valence-electron chi connectivity index (χ4n) is 1.49. The lowest BCUT2D eigenvalue weighted by Gasteiger charge is -2.16. The Balaban J connectivity index is 2.96. The largest absolute Gasteiger partial charge is 0.416 e. The molecule has 0 radical (unpaired) electrons. The van der Waals surface area contributed by atoms with Crippen molar-refractivity contribution in [2.24, 2.45) is 5.73 Å². The van der Waals surface area contributed by atoms with Gasteiger partial charge in [-0.15, -0.1) is 0 Å². The van der Waals surface area contributed by atoms with Crippen LogP contribution in [0.4, 0.5) is 18.9 Å². The zero-order valence-electron chi connectivity index (χ0n) is 10.7. The Morgan fingerprint density at radius 1 is 1.37 bits per heavy atom. The molecule has 0 spiro atoms. The molecule has 3 N–H and O–H groups in total. The summed E-state index contributed by atoms with van der Waals surface area (Å²) >= 11 is 4.79. The first-order valence-corrected chi connectivity index (χ1v) is 6.02. The first kappa shape index (κ1) is 15.7. The minimum atomic E-state index is -4.40. The molecule has 0 saturated heterocycles. The number of hydrogen-bond donors (Lipinski definition) is 2. The predicted molar refractivity (Wildman–Crippen MR) is 74.4 cm³/mol. The number of halogens is 3. The third-order valence-corrected chi connectivity index (χ3v) is 2.71. The van der Waals surface area contributed by atoms with Crippen molar-refractivity contribution in [3.63, 3.8) is 0 Å². The highest BCUT2D eigenvalue weighted by molar-refractivity contribution is 7.80. The minimum Gasteiger partial charge on any atom is -0.389 e. The fraction of sp³-hybridized carbons (Fsp3) is 0.417. The third kappa shape index (κ3) is 4.68. The van der Waals surface area contributed by atoms with Crippen LogP contribution in [0.2, 0.25) is 0 Å². The lowest BCUT2D eigenvalue weighted by Crippen LogP contribution is -2.22. The first-order valence-electron chi connectivity index (χ1n) is 5.61. The smallest absolute Gasteiger partial charge is 0.389 e. The van der Waals surface area contributed by atoms with Gasteiger partial charge in [0.2, 0.25) is 0 Å². The van der Waals surface area contributed by atoms with Crippen molar-refractivity contribution in [3.05, 3.63) is 29.3 Å². The number of anilines is 1. The number of hydrogen-bond acceptors (Lipinski definition) is 3. The summed E-state index contributed by atoms with van der Waals surface area (Å²) in [6.45, 7) is 1.34. The van der Waals surface area contributed by atoms with Gasteiger partial charge < -0.3 is 16.0 Å². The summed E-state index contributed by atoms with van der Waals surface area (Å²) in [5, 5.41) is 3.03. The number of nitrogens with two attached hydrogens (primary N) is 1. The topological polar surface area (TPSA) is 41.3 Å². The molecule has 0 atom stereocenters. The summed E-state index contributed by atoms with van der Waals surface area (Å²) < 4.78 is 37.8. The molecular weight excluding hydrogens is 275 g/mol. The van der Waals surface area contributed by atoms with Gasteiger partial charge in [0.25, 0.3) is 0 Å². The highest BCUT2D eigenvalue weighted by Crippen LogP contribution is 2.31. The zero-order chi connectivity index (χ0) is 14.6. The van der Waals surface area contributed by atoms with Crippen molar-refractivity contribution in [2.75, 3.05) is 32.5 Å². The lowest BCUT2D eigenvalue weighted by molar-refractivity contribution is -0.137. The summed E-state index contributed by atoms with van der Waals surface area (Å²) in [6, 6.07) is 3.34. The van der Waals surface area contributed by atoms with Crippen LogP contribution in [0.5, 0.6) is 0 Å². The van der Waals surface area contributed by atoms with Gasteiger partial charge in [-0.25, -0.2) is 0 Å². The van der Waals surface area contributed by atoms with Gasteiger partial charge in [-0.05, 0) is 32.3 Å². The maximum Gasteiger partial charge on any atom is 0.416 e. The van der Waals surface area contributed by atoms with Gasteiger partial charge in [-0.1, -0.05) is 12.2 Å². The Morgan fingerprint density at radius 3 is 2.47 bits per heavy atom. The Kier molecular flexibility index (Phi) is 5.13. The molecule has 3 nitrogen and oxygen atoms in total. The van der Waals surface area contributed by atoms with Crippen LogP contribution in [0, 0.1) is 0 Å². The average Bonchev–Trinajstić information content (AvgIpc) is 2.27. The van der Waals surface area contributed by atoms with E-state index in [2.05, 4.69) is 5.32 Å². The van der Waals surface area contributed by atoms with Crippen molar-refractivity contribution in [1.29, 1.82) is 0 Å². The Morgan fingerprint density at radius 2 is 2.00 bits per heavy atom. The quantitative estimate of drug-likeness (QED) is 0.817. The van der Waals surface area contributed by atoms with Gasteiger partial charge in [0, 0.05) is 24.3 Å². The Bertz CT molecular complexity index is 458. The monoisotopic (exact) mass is 291 g/mol. The number of rotatable bonds is 5. The van der Waals surface area contributed by atoms with Crippen LogP contribution in [0.3, 0.4) is 0 Å². The van der Waals surface area contributed by atoms with E-state index in [1.165, 1.54) is 6.07 Å². The van der Waals surface area contributed by atoms with Crippen LogP contribution in [0.25, 0.3) is 0 Å². The predicted octanol–water partition coefficient (Wildman–Crippen LogP) is 2.31. The molecule has 1 rings (SSSR count). The summed E-state index contributed by atoms with van der Waals surface area (Å²) in [6.07, 6.45) is -4.40. The molecule has 0 aromatic heterocycles. The number of likely N-dealkylation sites (N-methyl/N-ethyl adjacent to an activating group) is 1. The summed E-state index contributed by atoms with van der Waals surface area (Å²) in [5.41, 5.74) is 5.44. The van der Waals surface area contributed by atoms with Crippen molar-refractivity contribution in [2.45, 2.75) is 6.18 Å². The van der Waals surface area contributed by atoms with Crippen LogP contribution in [-0.2, 0) is 6.18 Å². The molecule has 0 fully saturated rings. The minimum absolute atomic E-state index is 0.0570. The number of alkyl halides is 3. The number of nitrogens with zero attached hydrogens (tertiary/aromatic N) is 1. The van der Waals surface area contributed by atoms with E-state index in [0.717, 1.165) is 18.7 Å². The Labute approximate surface area is 115 Å². The molecule has 0 saturated carbocycles. The van der Waals surface area contributed by atoms with Crippen molar-refractivity contribution < 1.29 is 13.2 Å². The van der Waals surface area contributed by atoms with E-state index in [1.54, 1.807) is 0 Å². The second kappa shape index (κ2) is 6.21. The van der Waals surface area contributed by atoms with Crippen LogP contribution in [-0.4, -0.2) is 37.1 Å². The van der Waals surface area contributed by atoms with E-state index in [0.29, 0.717) is 12.2 Å². The average molecular weight is 291 g/mol. The van der Waals surface area contributed by atoms with Crippen LogP contribution in [0.1, 0.15) is 11.1 Å². The highest BCUT2D eigenvalue weighted by atomic mass is 32.1. The zero-order valence-corrected chi connectivity index (χ0v) is 11.5. The molecule has 1 aromatic rings. The number of thiocarbonyl (C=S) groups is 1. The number of benzene rings is 1. The molecule has 0 unspecified atom stereocenters. The molecule has 7 heteroatoms. The summed E-state index contributed by atoms with van der Waals surface area (Å²) in [7, 11) is 3.81. The summed E-state index contributed by atoms with van der Waals surface area (Å²) in [4.78, 5) is 1.90. The Hall–Kier alpha value is -1.34. The van der Waals surface area contributed by atoms with E-state index in [4.69, 9.17) is 18.0 Å². The molecule has 0 amide bonds. The van der Waals surface area contributed by atoms with Gasteiger partial charge >= 0.3 is 6.18 Å². The summed E-state index contributed by atoms with van der Waals surface area (Å²) in [5.74, 6) is 0. The van der Waals surface area contributed by atoms with Gasteiger partial charge in [0.1, 0.15) is 4.99 Å². The maximum absolute atomic E-state index is 12.6. The van der Waals surface area contributed by atoms with E-state index in [1.807, 2.05) is 19.0 Å². The highest BCUT2D eigenvalue weighted by Gasteiger charge is 2.31. The molecule has 0 heterocycles. The SMILES string of the molecule is CN(C)CCNc1ccc(C(F)(F)F)cc1C(N)=S. The van der Waals surface area contributed by atoms with E-state index in [9.17, 15) is 13.2 Å². The first-order chi connectivity index (χ1) is 8.71. The van der Waals surface area contributed by atoms with Gasteiger partial charge in [-0.2, -0.15) is 13.2 Å². The van der Waals surface area contributed by atoms with Gasteiger partial charge in [-0.3, -0.25) is 0 Å². The van der Waals surface area contributed by atoms with Crippen molar-refractivity contribution in [3.8, 4) is 0 Å². The molecular formula is C12H16F3N3S. The number of nitrogens with one attached hydrogen (secondary N) is 1. The molecule has 106 valence electrons. The van der Waals surface area contributed by atoms with Crippen LogP contribution in [0.15, 0.2) is 18.2 Å².